The largest absolute Gasteiger partial charge is 0.379 e. The van der Waals surface area contributed by atoms with E-state index in [9.17, 15) is 13.6 Å². The van der Waals surface area contributed by atoms with Gasteiger partial charge in [-0.1, -0.05) is 0 Å². The summed E-state index contributed by atoms with van der Waals surface area (Å²) in [5.41, 5.74) is 2.14. The van der Waals surface area contributed by atoms with Crippen molar-refractivity contribution < 1.29 is 18.3 Å². The van der Waals surface area contributed by atoms with Crippen molar-refractivity contribution in [3.05, 3.63) is 23.7 Å². The Bertz CT molecular complexity index is 972. The lowest BCUT2D eigenvalue weighted by Crippen LogP contribution is -2.53. The van der Waals surface area contributed by atoms with Crippen LogP contribution in [0.4, 0.5) is 26.2 Å². The molecule has 0 spiro atoms. The first-order valence-corrected chi connectivity index (χ1v) is 10.2. The number of fused-ring (bicyclic) bond motifs is 1. The Morgan fingerprint density at radius 1 is 1.39 bits per heavy atom. The topological polar surface area (TPSA) is 97.2 Å². The number of amides is 1. The van der Waals surface area contributed by atoms with Crippen LogP contribution in [0, 0.1) is 12.8 Å². The van der Waals surface area contributed by atoms with E-state index < -0.39 is 12.0 Å². The molecule has 1 amide bonds. The number of alkyl halides is 2. The number of hydrogen-bond donors (Lipinski definition) is 2. The second kappa shape index (κ2) is 8.03. The smallest absolute Gasteiger partial charge is 0.249 e. The predicted octanol–water partition coefficient (Wildman–Crippen LogP) is 2.43. The molecular formula is C20H27F2N7O2. The normalized spacial score (nSPS) is 21.3. The van der Waals surface area contributed by atoms with Gasteiger partial charge in [0.2, 0.25) is 17.8 Å². The van der Waals surface area contributed by atoms with E-state index in [1.807, 2.05) is 27.1 Å². The highest BCUT2D eigenvalue weighted by Gasteiger charge is 2.45. The summed E-state index contributed by atoms with van der Waals surface area (Å²) in [5, 5.41) is 10.3. The lowest BCUT2D eigenvalue weighted by atomic mass is 9.81. The molecule has 1 aliphatic heterocycles. The molecule has 0 bridgehead atoms. The fraction of sp³-hybridized carbons (Fsp3) is 0.600. The number of likely N-dealkylation sites (N-methyl/N-ethyl adjacent to an activating group) is 1. The molecule has 1 aliphatic carbocycles. The maximum absolute atomic E-state index is 13.0. The van der Waals surface area contributed by atoms with E-state index in [1.54, 1.807) is 22.9 Å². The van der Waals surface area contributed by atoms with Crippen molar-refractivity contribution in [2.24, 2.45) is 5.92 Å². The van der Waals surface area contributed by atoms with E-state index in [-0.39, 0.29) is 30.8 Å². The molecule has 4 rings (SSSR count). The van der Waals surface area contributed by atoms with Gasteiger partial charge in [0.15, 0.2) is 5.82 Å². The van der Waals surface area contributed by atoms with E-state index in [1.165, 1.54) is 0 Å². The Balaban J connectivity index is 1.43. The van der Waals surface area contributed by atoms with Crippen LogP contribution in [0.1, 0.15) is 31.0 Å². The fourth-order valence-corrected chi connectivity index (χ4v) is 4.16. The molecule has 0 unspecified atom stereocenters. The van der Waals surface area contributed by atoms with Crippen LogP contribution < -0.4 is 15.5 Å². The number of rotatable bonds is 7. The van der Waals surface area contributed by atoms with E-state index in [2.05, 4.69) is 25.7 Å². The SMILES string of the molecule is CO[C@@H](C)[C@H]1C(=O)Nc2c(C)nc(NCc3cnn(CC4CC(F)(F)C4)c3)nc2N1C. The molecule has 3 heterocycles. The molecule has 2 N–H and O–H groups in total. The summed E-state index contributed by atoms with van der Waals surface area (Å²) in [5.74, 6) is -1.67. The van der Waals surface area contributed by atoms with E-state index in [4.69, 9.17) is 4.74 Å². The third kappa shape index (κ3) is 4.32. The van der Waals surface area contributed by atoms with Gasteiger partial charge in [-0.15, -0.1) is 0 Å². The van der Waals surface area contributed by atoms with Crippen molar-refractivity contribution in [3.63, 3.8) is 0 Å². The molecule has 168 valence electrons. The minimum absolute atomic E-state index is 0.0319. The van der Waals surface area contributed by atoms with Gasteiger partial charge in [0.1, 0.15) is 11.7 Å². The summed E-state index contributed by atoms with van der Waals surface area (Å²) >= 11 is 0. The number of nitrogens with one attached hydrogen (secondary N) is 2. The zero-order chi connectivity index (χ0) is 22.3. The van der Waals surface area contributed by atoms with Gasteiger partial charge in [-0.25, -0.2) is 13.8 Å². The first-order chi connectivity index (χ1) is 14.7. The summed E-state index contributed by atoms with van der Waals surface area (Å²) in [6.07, 6.45) is 3.09. The molecule has 0 aromatic carbocycles. The van der Waals surface area contributed by atoms with Crippen molar-refractivity contribution in [2.45, 2.75) is 57.8 Å². The first kappa shape index (κ1) is 21.4. The quantitative estimate of drug-likeness (QED) is 0.689. The summed E-state index contributed by atoms with van der Waals surface area (Å²) in [7, 11) is 3.37. The third-order valence-electron chi connectivity index (χ3n) is 5.91. The van der Waals surface area contributed by atoms with Crippen LogP contribution in [0.5, 0.6) is 0 Å². The highest BCUT2D eigenvalue weighted by Crippen LogP contribution is 2.43. The molecule has 1 saturated carbocycles. The predicted molar refractivity (Wildman–Crippen MR) is 111 cm³/mol. The lowest BCUT2D eigenvalue weighted by Gasteiger charge is -2.37. The van der Waals surface area contributed by atoms with Gasteiger partial charge >= 0.3 is 0 Å². The number of aryl methyl sites for hydroxylation is 1. The Kier molecular flexibility index (Phi) is 5.54. The maximum atomic E-state index is 13.0. The second-order valence-corrected chi connectivity index (χ2v) is 8.37. The standard InChI is InChI=1S/C20H27F2N7O2/c1-11-15-17(28(3)16(12(2)31-4)18(30)26-15)27-19(25-11)23-7-14-8-24-29(10-14)9-13-5-20(21,22)6-13/h8,10,12-13,16H,5-7,9H2,1-4H3,(H,26,30)(H,23,25,27)/t12-,16-/m0/s1. The number of nitrogens with zero attached hydrogens (tertiary/aromatic N) is 5. The van der Waals surface area contributed by atoms with Crippen LogP contribution in [-0.4, -0.2) is 57.9 Å². The summed E-state index contributed by atoms with van der Waals surface area (Å²) in [6.45, 7) is 4.58. The van der Waals surface area contributed by atoms with E-state index in [0.29, 0.717) is 36.2 Å². The van der Waals surface area contributed by atoms with Gasteiger partial charge in [-0.05, 0) is 19.8 Å². The summed E-state index contributed by atoms with van der Waals surface area (Å²) in [6, 6.07) is -0.503. The Labute approximate surface area is 179 Å². The number of carbonyl (C=O) groups is 1. The molecule has 0 radical (unpaired) electrons. The molecule has 2 aliphatic rings. The summed E-state index contributed by atoms with van der Waals surface area (Å²) < 4.78 is 33.1. The number of ether oxygens (including phenoxy) is 1. The molecule has 11 heteroatoms. The van der Waals surface area contributed by atoms with Crippen LogP contribution in [0.15, 0.2) is 12.4 Å². The molecule has 2 aromatic rings. The van der Waals surface area contributed by atoms with Gasteiger partial charge in [0.05, 0.1) is 18.0 Å². The zero-order valence-corrected chi connectivity index (χ0v) is 18.0. The Morgan fingerprint density at radius 2 is 2.13 bits per heavy atom. The molecule has 2 aromatic heterocycles. The van der Waals surface area contributed by atoms with Crippen molar-refractivity contribution in [1.29, 1.82) is 0 Å². The van der Waals surface area contributed by atoms with Gasteiger partial charge in [-0.2, -0.15) is 10.1 Å². The van der Waals surface area contributed by atoms with Crippen molar-refractivity contribution in [1.82, 2.24) is 19.7 Å². The van der Waals surface area contributed by atoms with Crippen LogP contribution in [0.2, 0.25) is 0 Å². The van der Waals surface area contributed by atoms with E-state index in [0.717, 1.165) is 5.56 Å². The highest BCUT2D eigenvalue weighted by atomic mass is 19.3. The fourth-order valence-electron chi connectivity index (χ4n) is 4.16. The van der Waals surface area contributed by atoms with Gasteiger partial charge < -0.3 is 20.3 Å². The van der Waals surface area contributed by atoms with Crippen LogP contribution in [-0.2, 0) is 22.6 Å². The van der Waals surface area contributed by atoms with Crippen LogP contribution in [0.25, 0.3) is 0 Å². The molecule has 9 nitrogen and oxygen atoms in total. The first-order valence-electron chi connectivity index (χ1n) is 10.2. The molecular weight excluding hydrogens is 408 g/mol. The Hall–Kier alpha value is -2.82. The lowest BCUT2D eigenvalue weighted by molar-refractivity contribution is -0.120. The highest BCUT2D eigenvalue weighted by molar-refractivity contribution is 6.03. The van der Waals surface area contributed by atoms with Gasteiger partial charge in [0.25, 0.3) is 0 Å². The van der Waals surface area contributed by atoms with Crippen LogP contribution in [0.3, 0.4) is 0 Å². The summed E-state index contributed by atoms with van der Waals surface area (Å²) in [4.78, 5) is 23.3. The van der Waals surface area contributed by atoms with E-state index >= 15 is 0 Å². The number of aromatic nitrogens is 4. The second-order valence-electron chi connectivity index (χ2n) is 8.37. The number of halogens is 2. The molecule has 0 saturated heterocycles. The molecule has 31 heavy (non-hydrogen) atoms. The van der Waals surface area contributed by atoms with Crippen molar-refractivity contribution in [2.75, 3.05) is 29.7 Å². The maximum Gasteiger partial charge on any atom is 0.249 e. The van der Waals surface area contributed by atoms with Crippen molar-refractivity contribution >= 4 is 23.4 Å². The average molecular weight is 435 g/mol. The van der Waals surface area contributed by atoms with Gasteiger partial charge in [-0.3, -0.25) is 9.48 Å². The van der Waals surface area contributed by atoms with Crippen LogP contribution >= 0.6 is 0 Å². The third-order valence-corrected chi connectivity index (χ3v) is 5.91. The number of carbonyl (C=O) groups excluding carboxylic acids is 1. The van der Waals surface area contributed by atoms with Gasteiger partial charge in [0, 0.05) is 51.8 Å². The number of hydrogen-bond acceptors (Lipinski definition) is 7. The zero-order valence-electron chi connectivity index (χ0n) is 18.0. The average Bonchev–Trinajstić information content (AvgIpc) is 3.13. The monoisotopic (exact) mass is 435 g/mol. The van der Waals surface area contributed by atoms with Crippen molar-refractivity contribution in [3.8, 4) is 0 Å². The molecule has 2 atom stereocenters. The number of anilines is 3. The minimum Gasteiger partial charge on any atom is -0.379 e. The minimum atomic E-state index is -2.52. The number of methoxy groups -OCH3 is 1. The molecule has 1 fully saturated rings. The Morgan fingerprint density at radius 3 is 2.81 bits per heavy atom.